The molecule has 1 aromatic carbocycles. The van der Waals surface area contributed by atoms with Crippen LogP contribution in [0.2, 0.25) is 0 Å². The maximum Gasteiger partial charge on any atom is 0.416 e. The molecule has 0 bridgehead atoms. The van der Waals surface area contributed by atoms with E-state index >= 15 is 0 Å². The van der Waals surface area contributed by atoms with E-state index in [9.17, 15) is 18.0 Å². The van der Waals surface area contributed by atoms with Gasteiger partial charge in [0.25, 0.3) is 5.91 Å². The summed E-state index contributed by atoms with van der Waals surface area (Å²) in [6.07, 6.45) is -2.47. The van der Waals surface area contributed by atoms with Gasteiger partial charge in [-0.2, -0.15) is 13.2 Å². The first-order chi connectivity index (χ1) is 10.9. The number of ether oxygens (including phenoxy) is 1. The summed E-state index contributed by atoms with van der Waals surface area (Å²) in [4.78, 5) is 13.8. The Balaban J connectivity index is 1.78. The SMILES string of the molecule is CNCC1CCN(C(=O)COc2ccc(C(F)(F)F)cc2)CC1. The fourth-order valence-corrected chi connectivity index (χ4v) is 2.65. The monoisotopic (exact) mass is 330 g/mol. The molecule has 0 saturated carbocycles. The molecule has 1 fully saturated rings. The highest BCUT2D eigenvalue weighted by atomic mass is 19.4. The number of amides is 1. The van der Waals surface area contributed by atoms with Gasteiger partial charge in [-0.1, -0.05) is 0 Å². The van der Waals surface area contributed by atoms with E-state index in [4.69, 9.17) is 4.74 Å². The molecule has 0 radical (unpaired) electrons. The molecule has 1 aromatic rings. The maximum atomic E-state index is 12.5. The summed E-state index contributed by atoms with van der Waals surface area (Å²) in [7, 11) is 1.91. The molecule has 4 nitrogen and oxygen atoms in total. The van der Waals surface area contributed by atoms with E-state index in [1.165, 1.54) is 12.1 Å². The number of piperidine rings is 1. The lowest BCUT2D eigenvalue weighted by Gasteiger charge is -2.31. The van der Waals surface area contributed by atoms with Gasteiger partial charge in [0.1, 0.15) is 5.75 Å². The highest BCUT2D eigenvalue weighted by Gasteiger charge is 2.30. The van der Waals surface area contributed by atoms with Gasteiger partial charge in [0, 0.05) is 13.1 Å². The van der Waals surface area contributed by atoms with Gasteiger partial charge >= 0.3 is 6.18 Å². The van der Waals surface area contributed by atoms with E-state index in [2.05, 4.69) is 5.32 Å². The minimum absolute atomic E-state index is 0.132. The average Bonchev–Trinajstić information content (AvgIpc) is 2.53. The zero-order valence-electron chi connectivity index (χ0n) is 13.0. The van der Waals surface area contributed by atoms with Crippen LogP contribution in [0.15, 0.2) is 24.3 Å². The van der Waals surface area contributed by atoms with Crippen LogP contribution in [0.1, 0.15) is 18.4 Å². The van der Waals surface area contributed by atoms with Gasteiger partial charge in [-0.3, -0.25) is 4.79 Å². The summed E-state index contributed by atoms with van der Waals surface area (Å²) in [5.41, 5.74) is -0.734. The summed E-state index contributed by atoms with van der Waals surface area (Å²) < 4.78 is 42.7. The Morgan fingerprint density at radius 2 is 1.87 bits per heavy atom. The number of halogens is 3. The van der Waals surface area contributed by atoms with Crippen molar-refractivity contribution in [1.82, 2.24) is 10.2 Å². The molecule has 0 spiro atoms. The Bertz CT molecular complexity index is 509. The Kier molecular flexibility index (Phi) is 5.87. The number of alkyl halides is 3. The summed E-state index contributed by atoms with van der Waals surface area (Å²) in [5, 5.41) is 3.14. The molecule has 0 aliphatic carbocycles. The number of hydrogen-bond donors (Lipinski definition) is 1. The number of benzene rings is 1. The van der Waals surface area contributed by atoms with Gasteiger partial charge in [0.15, 0.2) is 6.61 Å². The molecule has 2 rings (SSSR count). The quantitative estimate of drug-likeness (QED) is 0.902. The van der Waals surface area contributed by atoms with Crippen LogP contribution in [0, 0.1) is 5.92 Å². The molecule has 1 aliphatic rings. The highest BCUT2D eigenvalue weighted by molar-refractivity contribution is 5.77. The van der Waals surface area contributed by atoms with E-state index in [1.54, 1.807) is 4.90 Å². The molecule has 1 aliphatic heterocycles. The summed E-state index contributed by atoms with van der Waals surface area (Å²) >= 11 is 0. The standard InChI is InChI=1S/C16H21F3N2O2/c1-20-10-12-6-8-21(9-7-12)15(22)11-23-14-4-2-13(3-5-14)16(17,18)19/h2-5,12,20H,6-11H2,1H3. The van der Waals surface area contributed by atoms with E-state index in [-0.39, 0.29) is 18.3 Å². The van der Waals surface area contributed by atoms with Gasteiger partial charge in [-0.25, -0.2) is 0 Å². The van der Waals surface area contributed by atoms with Crippen LogP contribution in [-0.2, 0) is 11.0 Å². The molecular weight excluding hydrogens is 309 g/mol. The molecule has 7 heteroatoms. The summed E-state index contributed by atoms with van der Waals surface area (Å²) in [5.74, 6) is 0.712. The third-order valence-electron chi connectivity index (χ3n) is 4.00. The Labute approximate surface area is 133 Å². The predicted octanol–water partition coefficient (Wildman–Crippen LogP) is 2.54. The number of carbonyl (C=O) groups is 1. The molecule has 0 aromatic heterocycles. The van der Waals surface area contributed by atoms with E-state index in [0.29, 0.717) is 19.0 Å². The number of hydrogen-bond acceptors (Lipinski definition) is 3. The van der Waals surface area contributed by atoms with Crippen LogP contribution >= 0.6 is 0 Å². The second-order valence-electron chi connectivity index (χ2n) is 5.69. The van der Waals surface area contributed by atoms with Gasteiger partial charge in [0.05, 0.1) is 5.56 Å². The first-order valence-electron chi connectivity index (χ1n) is 7.62. The van der Waals surface area contributed by atoms with Gasteiger partial charge in [0.2, 0.25) is 0 Å². The first-order valence-corrected chi connectivity index (χ1v) is 7.62. The highest BCUT2D eigenvalue weighted by Crippen LogP contribution is 2.30. The number of nitrogens with one attached hydrogen (secondary N) is 1. The van der Waals surface area contributed by atoms with Gasteiger partial charge in [-0.05, 0) is 56.6 Å². The summed E-state index contributed by atoms with van der Waals surface area (Å²) in [6.45, 7) is 2.19. The number of nitrogens with zero attached hydrogens (tertiary/aromatic N) is 1. The van der Waals surface area contributed by atoms with E-state index in [0.717, 1.165) is 31.5 Å². The van der Waals surface area contributed by atoms with Crippen LogP contribution in [0.4, 0.5) is 13.2 Å². The fraction of sp³-hybridized carbons (Fsp3) is 0.562. The lowest BCUT2D eigenvalue weighted by Crippen LogP contribution is -2.42. The molecule has 128 valence electrons. The largest absolute Gasteiger partial charge is 0.484 e. The van der Waals surface area contributed by atoms with Crippen molar-refractivity contribution in [3.8, 4) is 5.75 Å². The van der Waals surface area contributed by atoms with E-state index in [1.807, 2.05) is 7.05 Å². The Hall–Kier alpha value is -1.76. The Morgan fingerprint density at radius 1 is 1.26 bits per heavy atom. The molecule has 0 atom stereocenters. The second-order valence-corrected chi connectivity index (χ2v) is 5.69. The van der Waals surface area contributed by atoms with Crippen molar-refractivity contribution in [3.63, 3.8) is 0 Å². The van der Waals surface area contributed by atoms with Gasteiger partial charge in [-0.15, -0.1) is 0 Å². The fourth-order valence-electron chi connectivity index (χ4n) is 2.65. The van der Waals surface area contributed by atoms with Crippen LogP contribution in [0.25, 0.3) is 0 Å². The lowest BCUT2D eigenvalue weighted by atomic mass is 9.97. The molecule has 23 heavy (non-hydrogen) atoms. The second kappa shape index (κ2) is 7.68. The maximum absolute atomic E-state index is 12.5. The lowest BCUT2D eigenvalue weighted by molar-refractivity contribution is -0.138. The topological polar surface area (TPSA) is 41.6 Å². The molecule has 1 amide bonds. The van der Waals surface area contributed by atoms with Crippen molar-refractivity contribution >= 4 is 5.91 Å². The normalized spacial score (nSPS) is 16.4. The zero-order chi connectivity index (χ0) is 16.9. The smallest absolute Gasteiger partial charge is 0.416 e. The van der Waals surface area contributed by atoms with E-state index < -0.39 is 11.7 Å². The minimum Gasteiger partial charge on any atom is -0.484 e. The van der Waals surface area contributed by atoms with Crippen molar-refractivity contribution in [3.05, 3.63) is 29.8 Å². The zero-order valence-corrected chi connectivity index (χ0v) is 13.0. The first kappa shape index (κ1) is 17.6. The molecule has 0 unspecified atom stereocenters. The number of likely N-dealkylation sites (tertiary alicyclic amines) is 1. The van der Waals surface area contributed by atoms with Crippen molar-refractivity contribution in [2.45, 2.75) is 19.0 Å². The summed E-state index contributed by atoms with van der Waals surface area (Å²) in [6, 6.07) is 4.36. The van der Waals surface area contributed by atoms with Crippen molar-refractivity contribution in [2.24, 2.45) is 5.92 Å². The predicted molar refractivity (Wildman–Crippen MR) is 80.2 cm³/mol. The van der Waals surface area contributed by atoms with Crippen LogP contribution in [-0.4, -0.2) is 44.1 Å². The van der Waals surface area contributed by atoms with Crippen molar-refractivity contribution < 1.29 is 22.7 Å². The third-order valence-corrected chi connectivity index (χ3v) is 4.00. The Morgan fingerprint density at radius 3 is 2.39 bits per heavy atom. The number of carbonyl (C=O) groups excluding carboxylic acids is 1. The van der Waals surface area contributed by atoms with Crippen molar-refractivity contribution in [2.75, 3.05) is 33.3 Å². The van der Waals surface area contributed by atoms with Crippen LogP contribution in [0.5, 0.6) is 5.75 Å². The van der Waals surface area contributed by atoms with Crippen molar-refractivity contribution in [1.29, 1.82) is 0 Å². The molecule has 1 saturated heterocycles. The third kappa shape index (κ3) is 5.13. The van der Waals surface area contributed by atoms with Crippen LogP contribution in [0.3, 0.4) is 0 Å². The minimum atomic E-state index is -4.37. The average molecular weight is 330 g/mol. The molecular formula is C16H21F3N2O2. The molecule has 1 N–H and O–H groups in total. The molecule has 1 heterocycles. The van der Waals surface area contributed by atoms with Crippen LogP contribution < -0.4 is 10.1 Å². The van der Waals surface area contributed by atoms with Gasteiger partial charge < -0.3 is 15.0 Å². The number of rotatable bonds is 5.